The maximum absolute atomic E-state index is 13.0. The summed E-state index contributed by atoms with van der Waals surface area (Å²) in [6, 6.07) is 11.6. The van der Waals surface area contributed by atoms with Crippen molar-refractivity contribution < 1.29 is 13.2 Å². The van der Waals surface area contributed by atoms with Gasteiger partial charge in [-0.25, -0.2) is 13.2 Å². The standard InChI is InChI=1S/C17H22N2O3S2/c1-3-13(2)19-17(20)18-12-16(15-10-7-11-23-15)24(21,22)14-8-5-4-6-9-14/h4-11,13,16H,3,12H2,1-2H3,(H2,18,19,20). The predicted octanol–water partition coefficient (Wildman–Crippen LogP) is 3.36. The molecule has 0 saturated carbocycles. The van der Waals surface area contributed by atoms with Crippen LogP contribution in [0.2, 0.25) is 0 Å². The van der Waals surface area contributed by atoms with E-state index in [0.717, 1.165) is 6.42 Å². The summed E-state index contributed by atoms with van der Waals surface area (Å²) in [6.45, 7) is 3.90. The molecule has 0 saturated heterocycles. The number of amides is 2. The predicted molar refractivity (Wildman–Crippen MR) is 97.0 cm³/mol. The summed E-state index contributed by atoms with van der Waals surface area (Å²) >= 11 is 1.37. The molecule has 7 heteroatoms. The minimum Gasteiger partial charge on any atom is -0.336 e. The Morgan fingerprint density at radius 3 is 2.46 bits per heavy atom. The number of carbonyl (C=O) groups excluding carboxylic acids is 1. The summed E-state index contributed by atoms with van der Waals surface area (Å²) in [6.07, 6.45) is 0.810. The number of sulfone groups is 1. The van der Waals surface area contributed by atoms with Crippen molar-refractivity contribution in [3.63, 3.8) is 0 Å². The van der Waals surface area contributed by atoms with Crippen LogP contribution in [0.5, 0.6) is 0 Å². The SMILES string of the molecule is CCC(C)NC(=O)NCC(c1cccs1)S(=O)(=O)c1ccccc1. The Labute approximate surface area is 147 Å². The molecule has 130 valence electrons. The van der Waals surface area contributed by atoms with Gasteiger partial charge in [0.25, 0.3) is 0 Å². The quantitative estimate of drug-likeness (QED) is 0.789. The van der Waals surface area contributed by atoms with E-state index in [0.29, 0.717) is 4.88 Å². The second-order valence-corrected chi connectivity index (χ2v) is 8.64. The van der Waals surface area contributed by atoms with Crippen LogP contribution in [0.1, 0.15) is 30.4 Å². The first-order valence-electron chi connectivity index (χ1n) is 7.81. The molecule has 2 atom stereocenters. The number of hydrogen-bond acceptors (Lipinski definition) is 4. The van der Waals surface area contributed by atoms with Crippen molar-refractivity contribution in [2.45, 2.75) is 36.5 Å². The molecule has 2 N–H and O–H groups in total. The Balaban J connectivity index is 2.19. The molecule has 24 heavy (non-hydrogen) atoms. The highest BCUT2D eigenvalue weighted by Gasteiger charge is 2.30. The summed E-state index contributed by atoms with van der Waals surface area (Å²) in [7, 11) is -3.59. The molecular weight excluding hydrogens is 344 g/mol. The van der Waals surface area contributed by atoms with E-state index in [1.54, 1.807) is 36.4 Å². The number of nitrogens with one attached hydrogen (secondary N) is 2. The van der Waals surface area contributed by atoms with Crippen molar-refractivity contribution >= 4 is 27.2 Å². The fraction of sp³-hybridized carbons (Fsp3) is 0.353. The molecule has 2 rings (SSSR count). The van der Waals surface area contributed by atoms with E-state index < -0.39 is 15.1 Å². The van der Waals surface area contributed by atoms with Gasteiger partial charge in [0.15, 0.2) is 9.84 Å². The van der Waals surface area contributed by atoms with E-state index in [9.17, 15) is 13.2 Å². The number of rotatable bonds is 7. The van der Waals surface area contributed by atoms with Crippen molar-refractivity contribution in [3.05, 3.63) is 52.7 Å². The van der Waals surface area contributed by atoms with Gasteiger partial charge in [-0.1, -0.05) is 31.2 Å². The molecule has 2 unspecified atom stereocenters. The lowest BCUT2D eigenvalue weighted by Gasteiger charge is -2.19. The van der Waals surface area contributed by atoms with E-state index >= 15 is 0 Å². The molecule has 1 aromatic heterocycles. The Morgan fingerprint density at radius 2 is 1.88 bits per heavy atom. The van der Waals surface area contributed by atoms with Crippen molar-refractivity contribution in [3.8, 4) is 0 Å². The zero-order chi connectivity index (χ0) is 17.6. The highest BCUT2D eigenvalue weighted by Crippen LogP contribution is 2.31. The average Bonchev–Trinajstić information content (AvgIpc) is 3.09. The van der Waals surface area contributed by atoms with Crippen LogP contribution < -0.4 is 10.6 Å². The van der Waals surface area contributed by atoms with Crippen LogP contribution in [-0.2, 0) is 9.84 Å². The normalized spacial score (nSPS) is 13.9. The van der Waals surface area contributed by atoms with Crippen molar-refractivity contribution in [2.24, 2.45) is 0 Å². The lowest BCUT2D eigenvalue weighted by molar-refractivity contribution is 0.237. The van der Waals surface area contributed by atoms with E-state index in [1.807, 2.05) is 25.3 Å². The molecule has 0 fully saturated rings. The molecule has 1 aromatic carbocycles. The number of hydrogen-bond donors (Lipinski definition) is 2. The van der Waals surface area contributed by atoms with E-state index in [2.05, 4.69) is 10.6 Å². The van der Waals surface area contributed by atoms with Gasteiger partial charge in [-0.2, -0.15) is 0 Å². The van der Waals surface area contributed by atoms with Gasteiger partial charge in [0.2, 0.25) is 0 Å². The fourth-order valence-electron chi connectivity index (χ4n) is 2.17. The van der Waals surface area contributed by atoms with Crippen LogP contribution in [-0.4, -0.2) is 27.0 Å². The minimum absolute atomic E-state index is 0.0278. The third-order valence-electron chi connectivity index (χ3n) is 3.74. The van der Waals surface area contributed by atoms with Crippen LogP contribution in [0.25, 0.3) is 0 Å². The van der Waals surface area contributed by atoms with Gasteiger partial charge in [0.1, 0.15) is 5.25 Å². The lowest BCUT2D eigenvalue weighted by Crippen LogP contribution is -2.42. The van der Waals surface area contributed by atoms with E-state index in [4.69, 9.17) is 0 Å². The molecule has 0 spiro atoms. The van der Waals surface area contributed by atoms with Crippen LogP contribution in [0.15, 0.2) is 52.7 Å². The molecule has 0 aliphatic carbocycles. The Bertz CT molecular complexity index is 743. The molecule has 0 aliphatic heterocycles. The van der Waals surface area contributed by atoms with Crippen molar-refractivity contribution in [1.29, 1.82) is 0 Å². The summed E-state index contributed by atoms with van der Waals surface area (Å²) in [5, 5.41) is 6.50. The third-order valence-corrected chi connectivity index (χ3v) is 6.98. The van der Waals surface area contributed by atoms with Crippen molar-refractivity contribution in [2.75, 3.05) is 6.54 Å². The van der Waals surface area contributed by atoms with Crippen LogP contribution in [0, 0.1) is 0 Å². The Hall–Kier alpha value is -1.86. The second kappa shape index (κ2) is 8.30. The Morgan fingerprint density at radius 1 is 1.17 bits per heavy atom. The monoisotopic (exact) mass is 366 g/mol. The van der Waals surface area contributed by atoms with Crippen LogP contribution in [0.4, 0.5) is 4.79 Å². The van der Waals surface area contributed by atoms with Crippen LogP contribution in [0.3, 0.4) is 0 Å². The maximum Gasteiger partial charge on any atom is 0.315 e. The van der Waals surface area contributed by atoms with Gasteiger partial charge >= 0.3 is 6.03 Å². The largest absolute Gasteiger partial charge is 0.336 e. The fourth-order valence-corrected chi connectivity index (χ4v) is 4.98. The molecule has 2 amide bonds. The number of benzene rings is 1. The topological polar surface area (TPSA) is 75.3 Å². The summed E-state index contributed by atoms with van der Waals surface area (Å²) in [5.41, 5.74) is 0. The minimum atomic E-state index is -3.59. The van der Waals surface area contributed by atoms with E-state index in [-0.39, 0.29) is 23.5 Å². The first kappa shape index (κ1) is 18.5. The zero-order valence-electron chi connectivity index (χ0n) is 13.7. The first-order valence-corrected chi connectivity index (χ1v) is 10.2. The van der Waals surface area contributed by atoms with Crippen molar-refractivity contribution in [1.82, 2.24) is 10.6 Å². The highest BCUT2D eigenvalue weighted by molar-refractivity contribution is 7.91. The molecule has 0 radical (unpaired) electrons. The zero-order valence-corrected chi connectivity index (χ0v) is 15.4. The van der Waals surface area contributed by atoms with Gasteiger partial charge in [0.05, 0.1) is 4.90 Å². The molecule has 2 aromatic rings. The van der Waals surface area contributed by atoms with Gasteiger partial charge in [-0.05, 0) is 36.9 Å². The van der Waals surface area contributed by atoms with Gasteiger partial charge in [0, 0.05) is 17.5 Å². The van der Waals surface area contributed by atoms with Gasteiger partial charge in [-0.3, -0.25) is 0 Å². The number of carbonyl (C=O) groups is 1. The van der Waals surface area contributed by atoms with Crippen LogP contribution >= 0.6 is 11.3 Å². The highest BCUT2D eigenvalue weighted by atomic mass is 32.2. The van der Waals surface area contributed by atoms with Gasteiger partial charge in [-0.15, -0.1) is 11.3 Å². The first-order chi connectivity index (χ1) is 11.4. The number of urea groups is 1. The molecular formula is C17H22N2O3S2. The molecule has 1 heterocycles. The molecule has 0 bridgehead atoms. The second-order valence-electron chi connectivity index (χ2n) is 5.53. The van der Waals surface area contributed by atoms with Gasteiger partial charge < -0.3 is 10.6 Å². The maximum atomic E-state index is 13.0. The summed E-state index contributed by atoms with van der Waals surface area (Å²) < 4.78 is 25.9. The smallest absolute Gasteiger partial charge is 0.315 e. The summed E-state index contributed by atoms with van der Waals surface area (Å²) in [4.78, 5) is 12.9. The molecule has 0 aliphatic rings. The summed E-state index contributed by atoms with van der Waals surface area (Å²) in [5.74, 6) is 0. The third kappa shape index (κ3) is 4.58. The Kier molecular flexibility index (Phi) is 6.39. The molecule has 5 nitrogen and oxygen atoms in total. The lowest BCUT2D eigenvalue weighted by atomic mass is 10.3. The average molecular weight is 367 g/mol. The number of thiophene rings is 1. The van der Waals surface area contributed by atoms with E-state index in [1.165, 1.54) is 11.3 Å².